The van der Waals surface area contributed by atoms with E-state index in [9.17, 15) is 9.59 Å². The molecule has 2 heterocycles. The molecule has 0 unspecified atom stereocenters. The molecule has 1 aromatic carbocycles. The van der Waals surface area contributed by atoms with Crippen LogP contribution in [-0.2, 0) is 14.3 Å². The van der Waals surface area contributed by atoms with Gasteiger partial charge in [0.2, 0.25) is 0 Å². The van der Waals surface area contributed by atoms with Gasteiger partial charge in [0.05, 0.1) is 20.3 Å². The quantitative estimate of drug-likeness (QED) is 0.515. The van der Waals surface area contributed by atoms with Crippen molar-refractivity contribution in [3.8, 4) is 0 Å². The summed E-state index contributed by atoms with van der Waals surface area (Å²) in [5.41, 5.74) is 0.190. The monoisotopic (exact) mass is 259 g/mol. The van der Waals surface area contributed by atoms with Crippen molar-refractivity contribution in [3.05, 3.63) is 36.0 Å². The molecule has 0 atom stereocenters. The van der Waals surface area contributed by atoms with E-state index in [0.717, 1.165) is 10.9 Å². The summed E-state index contributed by atoms with van der Waals surface area (Å²) >= 11 is 0. The summed E-state index contributed by atoms with van der Waals surface area (Å²) in [6.07, 6.45) is 1.63. The lowest BCUT2D eigenvalue weighted by atomic mass is 9.78. The molecule has 0 radical (unpaired) electrons. The minimum Gasteiger partial charge on any atom is -0.468 e. The summed E-state index contributed by atoms with van der Waals surface area (Å²) in [7, 11) is 1.28. The molecule has 0 amide bonds. The summed E-state index contributed by atoms with van der Waals surface area (Å²) < 4.78 is 9.80. The largest absolute Gasteiger partial charge is 0.468 e. The van der Waals surface area contributed by atoms with E-state index in [4.69, 9.17) is 9.47 Å². The van der Waals surface area contributed by atoms with Crippen molar-refractivity contribution >= 4 is 22.7 Å². The number of hydrogen-bond donors (Lipinski definition) is 1. The molecule has 2 aromatic rings. The molecule has 1 aliphatic rings. The van der Waals surface area contributed by atoms with Crippen molar-refractivity contribution in [2.45, 2.75) is 0 Å². The summed E-state index contributed by atoms with van der Waals surface area (Å²) in [5.74, 6) is -0.780. The standard InChI is InChI=1S/C14H13NO4/c1-18-13(17)14(7-19-8-14)12(16)10-6-15-11-5-3-2-4-9(10)11/h2-6,15H,7-8H2,1H3. The lowest BCUT2D eigenvalue weighted by Gasteiger charge is -2.36. The number of hydrogen-bond acceptors (Lipinski definition) is 4. The van der Waals surface area contributed by atoms with E-state index in [1.54, 1.807) is 6.20 Å². The molecule has 0 aliphatic carbocycles. The van der Waals surface area contributed by atoms with Crippen molar-refractivity contribution in [2.75, 3.05) is 20.3 Å². The molecule has 98 valence electrons. The second kappa shape index (κ2) is 4.20. The lowest BCUT2D eigenvalue weighted by molar-refractivity contribution is -0.172. The van der Waals surface area contributed by atoms with E-state index >= 15 is 0 Å². The first-order chi connectivity index (χ1) is 9.19. The number of fused-ring (bicyclic) bond motifs is 1. The highest BCUT2D eigenvalue weighted by Crippen LogP contribution is 2.35. The Labute approximate surface area is 109 Å². The third-order valence-electron chi connectivity index (χ3n) is 3.54. The van der Waals surface area contributed by atoms with E-state index in [0.29, 0.717) is 5.56 Å². The topological polar surface area (TPSA) is 68.4 Å². The van der Waals surface area contributed by atoms with Crippen LogP contribution in [0.4, 0.5) is 0 Å². The predicted molar refractivity (Wildman–Crippen MR) is 67.9 cm³/mol. The molecule has 3 rings (SSSR count). The van der Waals surface area contributed by atoms with Gasteiger partial charge in [0.15, 0.2) is 11.2 Å². The molecular formula is C14H13NO4. The van der Waals surface area contributed by atoms with Crippen molar-refractivity contribution < 1.29 is 19.1 Å². The number of ketones is 1. The molecular weight excluding hydrogens is 246 g/mol. The third-order valence-corrected chi connectivity index (χ3v) is 3.54. The maximum Gasteiger partial charge on any atom is 0.324 e. The number of benzene rings is 1. The van der Waals surface area contributed by atoms with Gasteiger partial charge >= 0.3 is 5.97 Å². The summed E-state index contributed by atoms with van der Waals surface area (Å²) in [5, 5.41) is 0.808. The maximum atomic E-state index is 12.6. The number of rotatable bonds is 3. The number of aromatic amines is 1. The van der Waals surface area contributed by atoms with Gasteiger partial charge in [-0.2, -0.15) is 0 Å². The molecule has 0 bridgehead atoms. The Morgan fingerprint density at radius 3 is 2.68 bits per heavy atom. The van der Waals surface area contributed by atoms with Gasteiger partial charge in [-0.25, -0.2) is 0 Å². The van der Waals surface area contributed by atoms with Gasteiger partial charge in [-0.3, -0.25) is 9.59 Å². The molecule has 1 aromatic heterocycles. The highest BCUT2D eigenvalue weighted by molar-refractivity contribution is 6.18. The first kappa shape index (κ1) is 11.9. The van der Waals surface area contributed by atoms with Crippen LogP contribution in [0.1, 0.15) is 10.4 Å². The highest BCUT2D eigenvalue weighted by Gasteiger charge is 2.54. The second-order valence-corrected chi connectivity index (χ2v) is 4.64. The first-order valence-electron chi connectivity index (χ1n) is 5.96. The average molecular weight is 259 g/mol. The minimum absolute atomic E-state index is 0.0814. The zero-order chi connectivity index (χ0) is 13.5. The van der Waals surface area contributed by atoms with Crippen molar-refractivity contribution in [2.24, 2.45) is 5.41 Å². The number of ether oxygens (including phenoxy) is 2. The Bertz CT molecular complexity index is 654. The van der Waals surface area contributed by atoms with E-state index < -0.39 is 11.4 Å². The van der Waals surface area contributed by atoms with E-state index in [2.05, 4.69) is 4.98 Å². The van der Waals surface area contributed by atoms with Crippen LogP contribution < -0.4 is 0 Å². The molecule has 5 heteroatoms. The summed E-state index contributed by atoms with van der Waals surface area (Å²) in [4.78, 5) is 27.5. The average Bonchev–Trinajstić information content (AvgIpc) is 2.80. The number of aromatic nitrogens is 1. The molecule has 1 N–H and O–H groups in total. The normalized spacial score (nSPS) is 16.9. The summed E-state index contributed by atoms with van der Waals surface area (Å²) in [6.45, 7) is 0.163. The first-order valence-corrected chi connectivity index (χ1v) is 5.96. The Morgan fingerprint density at radius 2 is 2.05 bits per heavy atom. The third kappa shape index (κ3) is 1.58. The van der Waals surface area contributed by atoms with Crippen molar-refractivity contribution in [3.63, 3.8) is 0 Å². The van der Waals surface area contributed by atoms with Gasteiger partial charge in [0.1, 0.15) is 0 Å². The number of esters is 1. The number of para-hydroxylation sites is 1. The van der Waals surface area contributed by atoms with Crippen LogP contribution in [0.5, 0.6) is 0 Å². The van der Waals surface area contributed by atoms with Crippen LogP contribution >= 0.6 is 0 Å². The van der Waals surface area contributed by atoms with Crippen molar-refractivity contribution in [1.29, 1.82) is 0 Å². The van der Waals surface area contributed by atoms with E-state index in [1.807, 2.05) is 24.3 Å². The number of Topliss-reactive ketones (excluding diaryl/α,β-unsaturated/α-hetero) is 1. The van der Waals surface area contributed by atoms with Crippen LogP contribution in [0.15, 0.2) is 30.5 Å². The van der Waals surface area contributed by atoms with Crippen LogP contribution in [0.2, 0.25) is 0 Å². The van der Waals surface area contributed by atoms with Gasteiger partial charge in [-0.1, -0.05) is 18.2 Å². The zero-order valence-electron chi connectivity index (χ0n) is 10.4. The molecule has 0 saturated carbocycles. The van der Waals surface area contributed by atoms with Gasteiger partial charge < -0.3 is 14.5 Å². The molecule has 19 heavy (non-hydrogen) atoms. The van der Waals surface area contributed by atoms with Crippen LogP contribution in [0.3, 0.4) is 0 Å². The molecule has 1 saturated heterocycles. The number of carbonyl (C=O) groups excluding carboxylic acids is 2. The fourth-order valence-electron chi connectivity index (χ4n) is 2.36. The fourth-order valence-corrected chi connectivity index (χ4v) is 2.36. The van der Waals surface area contributed by atoms with Gasteiger partial charge in [-0.15, -0.1) is 0 Å². The van der Waals surface area contributed by atoms with Gasteiger partial charge in [-0.05, 0) is 6.07 Å². The molecule has 1 aliphatic heterocycles. The minimum atomic E-state index is -1.18. The number of carbonyl (C=O) groups is 2. The van der Waals surface area contributed by atoms with Gasteiger partial charge in [0, 0.05) is 22.7 Å². The fraction of sp³-hybridized carbons (Fsp3) is 0.286. The second-order valence-electron chi connectivity index (χ2n) is 4.64. The Hall–Kier alpha value is -2.14. The van der Waals surface area contributed by atoms with Crippen LogP contribution in [-0.4, -0.2) is 37.1 Å². The van der Waals surface area contributed by atoms with E-state index in [1.165, 1.54) is 7.11 Å². The molecule has 0 spiro atoms. The molecule has 1 fully saturated rings. The van der Waals surface area contributed by atoms with Crippen LogP contribution in [0.25, 0.3) is 10.9 Å². The number of H-pyrrole nitrogens is 1. The SMILES string of the molecule is COC(=O)C1(C(=O)c2c[nH]c3ccccc23)COC1. The van der Waals surface area contributed by atoms with Crippen LogP contribution in [0, 0.1) is 5.41 Å². The maximum absolute atomic E-state index is 12.6. The number of nitrogens with one attached hydrogen (secondary N) is 1. The summed E-state index contributed by atoms with van der Waals surface area (Å²) in [6, 6.07) is 7.47. The number of methoxy groups -OCH3 is 1. The predicted octanol–water partition coefficient (Wildman–Crippen LogP) is 1.54. The Kier molecular flexibility index (Phi) is 2.64. The Balaban J connectivity index is 2.06. The highest BCUT2D eigenvalue weighted by atomic mass is 16.5. The Morgan fingerprint density at radius 1 is 1.32 bits per heavy atom. The lowest BCUT2D eigenvalue weighted by Crippen LogP contribution is -2.55. The smallest absolute Gasteiger partial charge is 0.324 e. The van der Waals surface area contributed by atoms with E-state index in [-0.39, 0.29) is 19.0 Å². The molecule has 5 nitrogen and oxygen atoms in total. The zero-order valence-corrected chi connectivity index (χ0v) is 10.4. The van der Waals surface area contributed by atoms with Gasteiger partial charge in [0.25, 0.3) is 0 Å². The van der Waals surface area contributed by atoms with Crippen molar-refractivity contribution in [1.82, 2.24) is 4.98 Å².